The summed E-state index contributed by atoms with van der Waals surface area (Å²) in [6.07, 6.45) is 16.9. The van der Waals surface area contributed by atoms with Crippen molar-refractivity contribution in [2.24, 2.45) is 11.8 Å². The van der Waals surface area contributed by atoms with Crippen molar-refractivity contribution >= 4 is 33.7 Å². The molecule has 2 unspecified atom stereocenters. The molecule has 1 saturated heterocycles. The van der Waals surface area contributed by atoms with Gasteiger partial charge in [0.05, 0.1) is 0 Å². The van der Waals surface area contributed by atoms with Gasteiger partial charge in [0.25, 0.3) is 0 Å². The van der Waals surface area contributed by atoms with E-state index >= 15 is 0 Å². The molecule has 2 saturated carbocycles. The smallest absolute Gasteiger partial charge is 1.00 e. The monoisotopic (exact) mass is 654 g/mol. The topological polar surface area (TPSA) is 0 Å². The fraction of sp³-hybridized carbons (Fsp3) is 0.368. The fourth-order valence-corrected chi connectivity index (χ4v) is 27.4. The first-order valence-electron chi connectivity index (χ1n) is 15.8. The third-order valence-corrected chi connectivity index (χ3v) is 24.4. The van der Waals surface area contributed by atoms with Crippen LogP contribution in [-0.4, -0.2) is 0 Å². The maximum Gasteiger partial charge on any atom is -1.00 e. The summed E-state index contributed by atoms with van der Waals surface area (Å²) in [6.45, 7) is 0. The van der Waals surface area contributed by atoms with E-state index in [1.54, 1.807) is 30.5 Å². The van der Waals surface area contributed by atoms with Gasteiger partial charge in [-0.2, -0.15) is 0 Å². The zero-order chi connectivity index (χ0) is 25.6. The molecule has 5 aliphatic rings. The maximum atomic E-state index is 2.75. The van der Waals surface area contributed by atoms with E-state index in [2.05, 4.69) is 84.9 Å². The van der Waals surface area contributed by atoms with E-state index in [1.165, 1.54) is 72.9 Å². The Labute approximate surface area is 261 Å². The predicted octanol–water partition coefficient (Wildman–Crippen LogP) is 4.96. The third kappa shape index (κ3) is 4.24. The second-order valence-corrected chi connectivity index (χ2v) is 24.8. The maximum absolute atomic E-state index is 2.75. The van der Waals surface area contributed by atoms with Crippen LogP contribution in [0.5, 0.6) is 0 Å². The van der Waals surface area contributed by atoms with Crippen molar-refractivity contribution in [3.8, 4) is 0 Å². The van der Waals surface area contributed by atoms with E-state index in [4.69, 9.17) is 0 Å². The Hall–Kier alpha value is -1.66. The molecule has 1 aliphatic heterocycles. The number of fused-ring (bicyclic) bond motifs is 6. The van der Waals surface area contributed by atoms with Crippen molar-refractivity contribution in [2.45, 2.75) is 66.9 Å². The zero-order valence-electron chi connectivity index (χ0n) is 23.7. The molecular formula is C38H38Cl2Zr. The molecule has 3 heteroatoms. The molecule has 0 aromatic heterocycles. The second-order valence-electron chi connectivity index (χ2n) is 13.4. The van der Waals surface area contributed by atoms with Gasteiger partial charge in [-0.25, -0.2) is 0 Å². The molecule has 0 amide bonds. The Bertz CT molecular complexity index is 1580. The first kappa shape index (κ1) is 28.1. The van der Waals surface area contributed by atoms with Crippen LogP contribution in [0.1, 0.15) is 80.9 Å². The Morgan fingerprint density at radius 2 is 0.902 bits per heavy atom. The van der Waals surface area contributed by atoms with Gasteiger partial charge < -0.3 is 24.8 Å². The van der Waals surface area contributed by atoms with Crippen LogP contribution in [0.2, 0.25) is 8.26 Å². The zero-order valence-corrected chi connectivity index (χ0v) is 27.7. The van der Waals surface area contributed by atoms with Gasteiger partial charge in [0.15, 0.2) is 0 Å². The molecule has 0 spiro atoms. The molecule has 0 N–H and O–H groups in total. The van der Waals surface area contributed by atoms with Gasteiger partial charge in [-0.3, -0.25) is 0 Å². The van der Waals surface area contributed by atoms with E-state index in [1.807, 2.05) is 11.1 Å². The molecule has 4 aromatic carbocycles. The summed E-state index contributed by atoms with van der Waals surface area (Å²) in [5.74, 6) is 1.65. The molecule has 41 heavy (non-hydrogen) atoms. The quantitative estimate of drug-likeness (QED) is 0.292. The summed E-state index contributed by atoms with van der Waals surface area (Å²) < 4.78 is 4.73. The van der Waals surface area contributed by atoms with Gasteiger partial charge in [-0.1, -0.05) is 0 Å². The van der Waals surface area contributed by atoms with E-state index < -0.39 is 20.3 Å². The van der Waals surface area contributed by atoms with Crippen molar-refractivity contribution in [3.05, 3.63) is 106 Å². The molecule has 2 atom stereocenters. The molecule has 3 fully saturated rings. The number of allylic oxidation sites excluding steroid dienone is 2. The van der Waals surface area contributed by atoms with Gasteiger partial charge in [0.1, 0.15) is 0 Å². The molecule has 0 radical (unpaired) electrons. The van der Waals surface area contributed by atoms with Crippen molar-refractivity contribution < 1.29 is 45.1 Å². The largest absolute Gasteiger partial charge is 1.00 e. The number of halogens is 2. The summed E-state index contributed by atoms with van der Waals surface area (Å²) in [4.78, 5) is 0. The van der Waals surface area contributed by atoms with Crippen LogP contribution in [0.25, 0.3) is 33.7 Å². The van der Waals surface area contributed by atoms with Gasteiger partial charge in [-0.15, -0.1) is 0 Å². The summed E-state index contributed by atoms with van der Waals surface area (Å²) in [6, 6.07) is 28.5. The van der Waals surface area contributed by atoms with Crippen molar-refractivity contribution in [3.63, 3.8) is 0 Å². The SMILES string of the molecule is C1=C(C2CCCC2)[CH]([Zr+2]2([CH]3C(C4CCCC4)=Cc4c3ccc3ccccc43)[CH2][CH2]2)c2ccc3ccccc3c21.[Cl-].[Cl-]. The fourth-order valence-electron chi connectivity index (χ4n) is 9.71. The third-order valence-electron chi connectivity index (χ3n) is 11.5. The summed E-state index contributed by atoms with van der Waals surface area (Å²) >= 11 is -2.69. The minimum Gasteiger partial charge on any atom is -1.00 e. The van der Waals surface area contributed by atoms with Crippen molar-refractivity contribution in [1.29, 1.82) is 0 Å². The normalized spacial score (nSPS) is 23.7. The number of hydrogen-bond donors (Lipinski definition) is 0. The summed E-state index contributed by atoms with van der Waals surface area (Å²) in [5, 5.41) is 5.84. The van der Waals surface area contributed by atoms with Crippen LogP contribution in [-0.2, 0) is 20.3 Å². The Morgan fingerprint density at radius 1 is 0.488 bits per heavy atom. The Morgan fingerprint density at radius 3 is 1.32 bits per heavy atom. The molecule has 208 valence electrons. The minimum absolute atomic E-state index is 0. The Kier molecular flexibility index (Phi) is 7.41. The number of hydrogen-bond acceptors (Lipinski definition) is 0. The summed E-state index contributed by atoms with van der Waals surface area (Å²) in [7, 11) is 0. The number of rotatable bonds is 4. The molecule has 4 aliphatic carbocycles. The van der Waals surface area contributed by atoms with Crippen LogP contribution in [0, 0.1) is 11.8 Å². The van der Waals surface area contributed by atoms with Gasteiger partial charge >= 0.3 is 239 Å². The van der Waals surface area contributed by atoms with E-state index in [0.717, 1.165) is 19.1 Å². The first-order valence-corrected chi connectivity index (χ1v) is 22.1. The molecule has 1 heterocycles. The Balaban J connectivity index is 0.00000138. The first-order chi connectivity index (χ1) is 19.3. The van der Waals surface area contributed by atoms with E-state index in [-0.39, 0.29) is 24.8 Å². The molecule has 4 aromatic rings. The average molecular weight is 657 g/mol. The van der Waals surface area contributed by atoms with E-state index in [0.29, 0.717) is 0 Å². The van der Waals surface area contributed by atoms with Crippen LogP contribution in [0.3, 0.4) is 0 Å². The molecule has 0 bridgehead atoms. The van der Waals surface area contributed by atoms with Gasteiger partial charge in [0, 0.05) is 0 Å². The van der Waals surface area contributed by atoms with Gasteiger partial charge in [0.2, 0.25) is 0 Å². The van der Waals surface area contributed by atoms with Crippen LogP contribution in [0.15, 0.2) is 83.9 Å². The molecule has 9 rings (SSSR count). The summed E-state index contributed by atoms with van der Waals surface area (Å²) in [5.41, 5.74) is 10.5. The molecular weight excluding hydrogens is 619 g/mol. The van der Waals surface area contributed by atoms with Crippen molar-refractivity contribution in [1.82, 2.24) is 0 Å². The second kappa shape index (κ2) is 10.8. The van der Waals surface area contributed by atoms with Crippen LogP contribution < -0.4 is 24.8 Å². The minimum atomic E-state index is -2.69. The standard InChI is InChI=1S/2C18H17.C2H4.2ClH.Zr/c2*1-2-6-13(5-1)16-11-15-10-9-14-7-3-4-8-17(14)18(15)12-16;1-2;;;/h2*3-4,7-13H,1-2,5-6H2;1-2H2;2*1H;/q;;;;;+2/p-2. The van der Waals surface area contributed by atoms with Crippen molar-refractivity contribution in [2.75, 3.05) is 0 Å². The van der Waals surface area contributed by atoms with Crippen LogP contribution in [0.4, 0.5) is 0 Å². The predicted molar refractivity (Wildman–Crippen MR) is 163 cm³/mol. The van der Waals surface area contributed by atoms with Crippen LogP contribution >= 0.6 is 0 Å². The average Bonchev–Trinajstić information content (AvgIpc) is 3.51. The van der Waals surface area contributed by atoms with Gasteiger partial charge in [-0.05, 0) is 0 Å². The molecule has 0 nitrogen and oxygen atoms in total. The number of benzene rings is 4. The van der Waals surface area contributed by atoms with E-state index in [9.17, 15) is 0 Å².